The van der Waals surface area contributed by atoms with Crippen LogP contribution in [0.25, 0.3) is 0 Å². The molecule has 1 amide bonds. The zero-order valence-electron chi connectivity index (χ0n) is 10.5. The molecule has 0 bridgehead atoms. The monoisotopic (exact) mass is 273 g/mol. The number of hydrogen-bond acceptors (Lipinski definition) is 2. The van der Waals surface area contributed by atoms with E-state index in [1.807, 2.05) is 13.8 Å². The first kappa shape index (κ1) is 14.9. The van der Waals surface area contributed by atoms with Crippen molar-refractivity contribution in [2.45, 2.75) is 32.2 Å². The Morgan fingerprint density at radius 1 is 1.44 bits per heavy atom. The standard InChI is InChI=1S/C13H17ClFNO2/c1-3-13(4-2,8-17)16-12(18)10-6-5-9(14)7-11(10)15/h5-7,17H,3-4,8H2,1-2H3,(H,16,18). The van der Waals surface area contributed by atoms with Crippen LogP contribution in [0.1, 0.15) is 37.0 Å². The van der Waals surface area contributed by atoms with Gasteiger partial charge in [0.15, 0.2) is 0 Å². The number of hydrogen-bond donors (Lipinski definition) is 2. The van der Waals surface area contributed by atoms with Gasteiger partial charge in [-0.05, 0) is 31.0 Å². The highest BCUT2D eigenvalue weighted by Gasteiger charge is 2.28. The van der Waals surface area contributed by atoms with Crippen LogP contribution in [0, 0.1) is 5.82 Å². The Morgan fingerprint density at radius 2 is 2.06 bits per heavy atom. The van der Waals surface area contributed by atoms with E-state index in [9.17, 15) is 14.3 Å². The van der Waals surface area contributed by atoms with E-state index in [0.717, 1.165) is 6.07 Å². The second kappa shape index (κ2) is 6.16. The number of aliphatic hydroxyl groups is 1. The van der Waals surface area contributed by atoms with Gasteiger partial charge in [-0.25, -0.2) is 4.39 Å². The molecule has 1 aromatic carbocycles. The van der Waals surface area contributed by atoms with Gasteiger partial charge in [-0.15, -0.1) is 0 Å². The number of carbonyl (C=O) groups excluding carboxylic acids is 1. The van der Waals surface area contributed by atoms with Crippen LogP contribution in [0.15, 0.2) is 18.2 Å². The lowest BCUT2D eigenvalue weighted by molar-refractivity contribution is 0.0814. The molecule has 1 aromatic rings. The fourth-order valence-electron chi connectivity index (χ4n) is 1.67. The Hall–Kier alpha value is -1.13. The third-order valence-corrected chi connectivity index (χ3v) is 3.45. The van der Waals surface area contributed by atoms with Crippen LogP contribution in [0.3, 0.4) is 0 Å². The molecule has 0 unspecified atom stereocenters. The number of carbonyl (C=O) groups is 1. The van der Waals surface area contributed by atoms with Crippen molar-refractivity contribution in [2.24, 2.45) is 0 Å². The fourth-order valence-corrected chi connectivity index (χ4v) is 1.83. The highest BCUT2D eigenvalue weighted by molar-refractivity contribution is 6.30. The van der Waals surface area contributed by atoms with Crippen molar-refractivity contribution in [1.82, 2.24) is 5.32 Å². The molecule has 3 nitrogen and oxygen atoms in total. The minimum absolute atomic E-state index is 0.0703. The molecule has 0 spiro atoms. The summed E-state index contributed by atoms with van der Waals surface area (Å²) in [6, 6.07) is 3.88. The number of nitrogens with one attached hydrogen (secondary N) is 1. The smallest absolute Gasteiger partial charge is 0.254 e. The zero-order valence-corrected chi connectivity index (χ0v) is 11.2. The maximum Gasteiger partial charge on any atom is 0.254 e. The lowest BCUT2D eigenvalue weighted by Gasteiger charge is -2.30. The maximum atomic E-state index is 13.6. The molecular weight excluding hydrogens is 257 g/mol. The average molecular weight is 274 g/mol. The molecule has 0 atom stereocenters. The highest BCUT2D eigenvalue weighted by atomic mass is 35.5. The minimum atomic E-state index is -0.705. The van der Waals surface area contributed by atoms with Gasteiger partial charge in [-0.3, -0.25) is 4.79 Å². The quantitative estimate of drug-likeness (QED) is 0.867. The van der Waals surface area contributed by atoms with Crippen LogP contribution in [0.4, 0.5) is 4.39 Å². The molecule has 0 saturated heterocycles. The van der Waals surface area contributed by atoms with Gasteiger partial charge in [0.25, 0.3) is 5.91 Å². The first-order valence-electron chi connectivity index (χ1n) is 5.86. The Labute approximate surface area is 111 Å². The summed E-state index contributed by atoms with van der Waals surface area (Å²) in [6.45, 7) is 3.54. The van der Waals surface area contributed by atoms with Crippen LogP contribution < -0.4 is 5.32 Å². The van der Waals surface area contributed by atoms with Crippen molar-refractivity contribution >= 4 is 17.5 Å². The summed E-state index contributed by atoms with van der Waals surface area (Å²) < 4.78 is 13.6. The molecule has 0 heterocycles. The SMILES string of the molecule is CCC(CC)(CO)NC(=O)c1ccc(Cl)cc1F. The molecule has 0 saturated carbocycles. The van der Waals surface area contributed by atoms with Crippen molar-refractivity contribution < 1.29 is 14.3 Å². The Bertz CT molecular complexity index is 425. The van der Waals surface area contributed by atoms with Gasteiger partial charge in [0.1, 0.15) is 5.82 Å². The van der Waals surface area contributed by atoms with Gasteiger partial charge in [0.05, 0.1) is 17.7 Å². The molecule has 0 radical (unpaired) electrons. The number of aliphatic hydroxyl groups excluding tert-OH is 1. The maximum absolute atomic E-state index is 13.6. The molecule has 1 rings (SSSR count). The Kier molecular flexibility index (Phi) is 5.11. The van der Waals surface area contributed by atoms with E-state index < -0.39 is 17.3 Å². The number of rotatable bonds is 5. The van der Waals surface area contributed by atoms with Gasteiger partial charge in [-0.2, -0.15) is 0 Å². The first-order valence-corrected chi connectivity index (χ1v) is 6.24. The predicted molar refractivity (Wildman–Crippen MR) is 69.3 cm³/mol. The summed E-state index contributed by atoms with van der Waals surface area (Å²) in [4.78, 5) is 12.0. The van der Waals surface area contributed by atoms with Crippen LogP contribution in [-0.4, -0.2) is 23.2 Å². The van der Waals surface area contributed by atoms with Crippen molar-refractivity contribution in [2.75, 3.05) is 6.61 Å². The average Bonchev–Trinajstić information content (AvgIpc) is 2.36. The van der Waals surface area contributed by atoms with Crippen LogP contribution >= 0.6 is 11.6 Å². The molecular formula is C13H17ClFNO2. The molecule has 0 aromatic heterocycles. The third-order valence-electron chi connectivity index (χ3n) is 3.21. The van der Waals surface area contributed by atoms with E-state index in [2.05, 4.69) is 5.32 Å². The van der Waals surface area contributed by atoms with Crippen LogP contribution in [0.2, 0.25) is 5.02 Å². The lowest BCUT2D eigenvalue weighted by atomic mass is 9.93. The molecule has 5 heteroatoms. The normalized spacial score (nSPS) is 11.4. The summed E-state index contributed by atoms with van der Waals surface area (Å²) in [6.07, 6.45) is 1.14. The molecule has 2 N–H and O–H groups in total. The number of benzene rings is 1. The summed E-state index contributed by atoms with van der Waals surface area (Å²) in [5.41, 5.74) is -0.775. The second-order valence-corrected chi connectivity index (χ2v) is 4.66. The Balaban J connectivity index is 2.94. The van der Waals surface area contributed by atoms with Crippen molar-refractivity contribution in [3.63, 3.8) is 0 Å². The summed E-state index contributed by atoms with van der Waals surface area (Å²) in [5, 5.41) is 12.3. The fraction of sp³-hybridized carbons (Fsp3) is 0.462. The van der Waals surface area contributed by atoms with Crippen molar-refractivity contribution in [1.29, 1.82) is 0 Å². The van der Waals surface area contributed by atoms with Gasteiger partial charge < -0.3 is 10.4 Å². The molecule has 0 aliphatic carbocycles. The largest absolute Gasteiger partial charge is 0.394 e. The van der Waals surface area contributed by atoms with Crippen LogP contribution in [0.5, 0.6) is 0 Å². The van der Waals surface area contributed by atoms with E-state index in [1.54, 1.807) is 0 Å². The summed E-state index contributed by atoms with van der Waals surface area (Å²) in [5.74, 6) is -1.21. The lowest BCUT2D eigenvalue weighted by Crippen LogP contribution is -2.50. The second-order valence-electron chi connectivity index (χ2n) is 4.22. The molecule has 0 aliphatic rings. The number of amides is 1. The van der Waals surface area contributed by atoms with E-state index in [0.29, 0.717) is 12.8 Å². The van der Waals surface area contributed by atoms with E-state index >= 15 is 0 Å². The van der Waals surface area contributed by atoms with Crippen LogP contribution in [-0.2, 0) is 0 Å². The van der Waals surface area contributed by atoms with Gasteiger partial charge >= 0.3 is 0 Å². The summed E-state index contributed by atoms with van der Waals surface area (Å²) >= 11 is 5.62. The predicted octanol–water partition coefficient (Wildman–Crippen LogP) is 2.76. The van der Waals surface area contributed by atoms with E-state index in [4.69, 9.17) is 11.6 Å². The Morgan fingerprint density at radius 3 is 2.50 bits per heavy atom. The highest BCUT2D eigenvalue weighted by Crippen LogP contribution is 2.18. The topological polar surface area (TPSA) is 49.3 Å². The molecule has 100 valence electrons. The minimum Gasteiger partial charge on any atom is -0.394 e. The van der Waals surface area contributed by atoms with Crippen molar-refractivity contribution in [3.8, 4) is 0 Å². The summed E-state index contributed by atoms with van der Waals surface area (Å²) in [7, 11) is 0. The zero-order chi connectivity index (χ0) is 13.8. The molecule has 18 heavy (non-hydrogen) atoms. The third kappa shape index (κ3) is 3.21. The number of halogens is 2. The van der Waals surface area contributed by atoms with Gasteiger partial charge in [-0.1, -0.05) is 25.4 Å². The van der Waals surface area contributed by atoms with Gasteiger partial charge in [0.2, 0.25) is 0 Å². The van der Waals surface area contributed by atoms with E-state index in [1.165, 1.54) is 12.1 Å². The first-order chi connectivity index (χ1) is 8.48. The van der Waals surface area contributed by atoms with Gasteiger partial charge in [0, 0.05) is 5.02 Å². The molecule has 0 aliphatic heterocycles. The van der Waals surface area contributed by atoms with E-state index in [-0.39, 0.29) is 17.2 Å². The van der Waals surface area contributed by atoms with Crippen molar-refractivity contribution in [3.05, 3.63) is 34.6 Å². The molecule has 0 fully saturated rings.